The number of ether oxygens (including phenoxy) is 4. The van der Waals surface area contributed by atoms with Gasteiger partial charge in [-0.25, -0.2) is 4.79 Å². The highest BCUT2D eigenvalue weighted by molar-refractivity contribution is 8.76. The SMILES string of the molecule is CC(=O)c1c(C)c(O)c2cc(C(=O)O)cc(O[C@@H]3O[C@H](CO)[C@]4(CC[C@@]56C[C@]7(C[C@H]8COC[C@@](CCO)(CSSCO4)[C@@H]85)CC4(CCCC4)C[C@@H]7NN6)[C@H](O)[C@H]3O)c2c1O. The van der Waals surface area contributed by atoms with Crippen LogP contribution in [-0.2, 0) is 14.2 Å². The molecule has 3 saturated carbocycles. The van der Waals surface area contributed by atoms with Crippen LogP contribution >= 0.6 is 21.6 Å². The Bertz CT molecular complexity index is 2030. The number of fused-ring (bicyclic) bond motifs is 1. The van der Waals surface area contributed by atoms with Crippen LogP contribution in [0.25, 0.3) is 10.8 Å². The third kappa shape index (κ3) is 6.58. The van der Waals surface area contributed by atoms with Gasteiger partial charge in [-0.2, -0.15) is 0 Å². The van der Waals surface area contributed by atoms with E-state index in [2.05, 4.69) is 10.9 Å². The molecule has 2 aromatic rings. The van der Waals surface area contributed by atoms with E-state index < -0.39 is 65.6 Å². The molecule has 7 fully saturated rings. The van der Waals surface area contributed by atoms with Crippen LogP contribution in [0.3, 0.4) is 0 Å². The lowest BCUT2D eigenvalue weighted by molar-refractivity contribution is -0.323. The van der Waals surface area contributed by atoms with Crippen LogP contribution in [0.4, 0.5) is 0 Å². The van der Waals surface area contributed by atoms with Gasteiger partial charge in [-0.05, 0) is 106 Å². The van der Waals surface area contributed by atoms with Crippen molar-refractivity contribution >= 4 is 44.1 Å². The molecule has 4 aliphatic heterocycles. The third-order valence-electron chi connectivity index (χ3n) is 15.9. The van der Waals surface area contributed by atoms with E-state index in [4.69, 9.17) is 18.9 Å². The number of carboxylic acid groups (broad SMARTS) is 1. The van der Waals surface area contributed by atoms with Crippen LogP contribution in [0.2, 0.25) is 0 Å². The van der Waals surface area contributed by atoms with Gasteiger partial charge in [0, 0.05) is 46.9 Å². The number of aliphatic hydroxyl groups excluding tert-OH is 4. The van der Waals surface area contributed by atoms with Crippen LogP contribution in [0.15, 0.2) is 12.1 Å². The molecule has 0 unspecified atom stereocenters. The molecule has 9 N–H and O–H groups in total. The lowest BCUT2D eigenvalue weighted by atomic mass is 9.46. The molecule has 330 valence electrons. The topological polar surface area (TPSA) is 237 Å². The Balaban J connectivity index is 1.08. The van der Waals surface area contributed by atoms with Crippen molar-refractivity contribution in [1.82, 2.24) is 10.9 Å². The Morgan fingerprint density at radius 2 is 1.80 bits per heavy atom. The summed E-state index contributed by atoms with van der Waals surface area (Å²) in [7, 11) is 3.06. The van der Waals surface area contributed by atoms with Gasteiger partial charge in [0.15, 0.2) is 5.78 Å². The maximum absolute atomic E-state index is 12.6. The summed E-state index contributed by atoms with van der Waals surface area (Å²) in [4.78, 5) is 24.9. The summed E-state index contributed by atoms with van der Waals surface area (Å²) in [5.41, 5.74) is 5.10. The number of hydrogen-bond acceptors (Lipinski definition) is 16. The van der Waals surface area contributed by atoms with Gasteiger partial charge in [-0.1, -0.05) is 34.4 Å². The second-order valence-electron chi connectivity index (χ2n) is 19.2. The molecule has 4 spiro atoms. The first-order chi connectivity index (χ1) is 28.7. The summed E-state index contributed by atoms with van der Waals surface area (Å²) in [6, 6.07) is 2.52. The second-order valence-corrected chi connectivity index (χ2v) is 21.6. The summed E-state index contributed by atoms with van der Waals surface area (Å²) < 4.78 is 25.7. The van der Waals surface area contributed by atoms with Crippen LogP contribution < -0.4 is 15.6 Å². The van der Waals surface area contributed by atoms with Crippen molar-refractivity contribution in [2.75, 3.05) is 38.1 Å². The molecule has 15 nitrogen and oxygen atoms in total. The minimum atomic E-state index is -1.81. The Kier molecular flexibility index (Phi) is 11.2. The Morgan fingerprint density at radius 1 is 1.02 bits per heavy atom. The molecule has 2 aromatic carbocycles. The van der Waals surface area contributed by atoms with Gasteiger partial charge < -0.3 is 54.7 Å². The number of hydrogen-bond donors (Lipinski definition) is 9. The fourth-order valence-electron chi connectivity index (χ4n) is 13.7. The van der Waals surface area contributed by atoms with E-state index in [0.29, 0.717) is 43.3 Å². The average molecular weight is 875 g/mol. The number of aromatic hydroxyl groups is 2. The predicted molar refractivity (Wildman–Crippen MR) is 222 cm³/mol. The number of Topliss-reactive ketones (excluding diaryl/α,β-unsaturated/α-hetero) is 1. The van der Waals surface area contributed by atoms with Gasteiger partial charge in [-0.15, -0.1) is 0 Å². The summed E-state index contributed by atoms with van der Waals surface area (Å²) >= 11 is 0. The molecule has 4 heterocycles. The van der Waals surface area contributed by atoms with E-state index in [1.54, 1.807) is 10.8 Å². The smallest absolute Gasteiger partial charge is 0.335 e. The number of nitrogens with one attached hydrogen (secondary N) is 2. The van der Waals surface area contributed by atoms with Gasteiger partial charge in [0.05, 0.1) is 29.7 Å². The first-order valence-corrected chi connectivity index (χ1v) is 23.8. The number of carboxylic acids is 1. The summed E-state index contributed by atoms with van der Waals surface area (Å²) in [6.07, 6.45) is 3.92. The highest BCUT2D eigenvalue weighted by atomic mass is 33.1. The van der Waals surface area contributed by atoms with Gasteiger partial charge in [-0.3, -0.25) is 15.6 Å². The van der Waals surface area contributed by atoms with E-state index in [0.717, 1.165) is 37.8 Å². The van der Waals surface area contributed by atoms with Crippen molar-refractivity contribution in [3.05, 3.63) is 28.8 Å². The molecule has 4 saturated heterocycles. The van der Waals surface area contributed by atoms with Crippen molar-refractivity contribution in [2.24, 2.45) is 28.1 Å². The molecule has 3 aliphatic carbocycles. The Morgan fingerprint density at radius 3 is 2.52 bits per heavy atom. The van der Waals surface area contributed by atoms with Crippen LogP contribution in [0.5, 0.6) is 17.2 Å². The number of ketones is 1. The van der Waals surface area contributed by atoms with Crippen molar-refractivity contribution in [1.29, 1.82) is 0 Å². The highest BCUT2D eigenvalue weighted by Crippen LogP contribution is 2.69. The lowest BCUT2D eigenvalue weighted by Crippen LogP contribution is -2.77. The molecule has 0 radical (unpaired) electrons. The molecule has 0 aromatic heterocycles. The van der Waals surface area contributed by atoms with E-state index in [-0.39, 0.29) is 74.8 Å². The van der Waals surface area contributed by atoms with E-state index in [1.807, 2.05) is 0 Å². The third-order valence-corrected chi connectivity index (χ3v) is 18.2. The number of rotatable bonds is 7. The zero-order valence-corrected chi connectivity index (χ0v) is 35.7. The number of aromatic carboxylic acids is 1. The summed E-state index contributed by atoms with van der Waals surface area (Å²) in [5, 5.41) is 78.3. The molecule has 9 rings (SSSR count). The molecular weight excluding hydrogens is 817 g/mol. The highest BCUT2D eigenvalue weighted by Gasteiger charge is 2.70. The zero-order valence-electron chi connectivity index (χ0n) is 34.1. The minimum absolute atomic E-state index is 0.0169. The fourth-order valence-corrected chi connectivity index (χ4v) is 16.1. The van der Waals surface area contributed by atoms with Crippen molar-refractivity contribution in [3.8, 4) is 17.2 Å². The number of aliphatic hydroxyl groups is 4. The summed E-state index contributed by atoms with van der Waals surface area (Å²) in [6.45, 7) is 3.15. The Hall–Kier alpha value is -2.42. The van der Waals surface area contributed by atoms with Crippen LogP contribution in [-0.4, -0.2) is 127 Å². The predicted octanol–water partition coefficient (Wildman–Crippen LogP) is 4.15. The van der Waals surface area contributed by atoms with Crippen molar-refractivity contribution in [3.63, 3.8) is 0 Å². The van der Waals surface area contributed by atoms with Gasteiger partial charge in [0.2, 0.25) is 6.29 Å². The van der Waals surface area contributed by atoms with Crippen LogP contribution in [0.1, 0.15) is 104 Å². The first kappa shape index (κ1) is 42.9. The fraction of sp³-hybridized carbons (Fsp3) is 0.721. The second kappa shape index (κ2) is 15.7. The maximum Gasteiger partial charge on any atom is 0.335 e. The van der Waals surface area contributed by atoms with Gasteiger partial charge in [0.1, 0.15) is 47.1 Å². The molecule has 60 heavy (non-hydrogen) atoms. The van der Waals surface area contributed by atoms with Crippen molar-refractivity contribution < 1.29 is 64.3 Å². The monoisotopic (exact) mass is 874 g/mol. The molecule has 17 heteroatoms. The van der Waals surface area contributed by atoms with E-state index in [1.165, 1.54) is 50.3 Å². The number of carbonyl (C=O) groups excluding carboxylic acids is 1. The molecule has 0 amide bonds. The molecule has 2 bridgehead atoms. The van der Waals surface area contributed by atoms with Crippen LogP contribution in [0, 0.1) is 35.0 Å². The van der Waals surface area contributed by atoms with E-state index >= 15 is 0 Å². The van der Waals surface area contributed by atoms with Crippen molar-refractivity contribution in [2.45, 2.75) is 126 Å². The standard InChI is InChI=1S/C43H58N2O13S2/c1-22-30(23(2)48)33(50)31-26(32(22)49)11-24(37(53)54)12-27(31)57-38-34(51)36(52)43(29(15-47)58-38)8-7-42-18-41(17-39(5-3-4-6-39)14-28(41)44-45-42)13-25-16-55-19-40(9-10-46,35(25)42)20-59-60-21-56-43/h11-12,25,28-29,34-36,38,44-47,49-52H,3-10,13-21H2,1-2H3,(H,53,54)/t25-,28-,29+,34+,35+,36+,38+,40-,41-,42+,43+/m0/s1. The number of hydrazine groups is 1. The number of phenols is 2. The average Bonchev–Trinajstić information content (AvgIpc) is 3.78. The molecule has 7 aliphatic rings. The Labute approximate surface area is 356 Å². The number of phenolic OH excluding ortho intramolecular Hbond substituents is 2. The molecular formula is C43H58N2O13S2. The minimum Gasteiger partial charge on any atom is -0.507 e. The van der Waals surface area contributed by atoms with E-state index in [9.17, 15) is 45.3 Å². The quantitative estimate of drug-likeness (QED) is 0.108. The maximum atomic E-state index is 12.6. The first-order valence-electron chi connectivity index (χ1n) is 21.3. The number of carbonyl (C=O) groups is 2. The lowest BCUT2D eigenvalue weighted by Gasteiger charge is -2.67. The normalized spacial score (nSPS) is 39.9. The zero-order chi connectivity index (χ0) is 42.4. The van der Waals surface area contributed by atoms with Gasteiger partial charge >= 0.3 is 5.97 Å². The van der Waals surface area contributed by atoms with Gasteiger partial charge in [0.25, 0.3) is 0 Å². The molecule has 11 atom stereocenters. The largest absolute Gasteiger partial charge is 0.507 e. The summed E-state index contributed by atoms with van der Waals surface area (Å²) in [5.74, 6) is -2.18. The number of benzene rings is 2.